The van der Waals surface area contributed by atoms with Crippen molar-refractivity contribution in [3.05, 3.63) is 65.8 Å². The number of amides is 1. The van der Waals surface area contributed by atoms with E-state index < -0.39 is 10.0 Å². The first-order valence-corrected chi connectivity index (χ1v) is 13.0. The summed E-state index contributed by atoms with van der Waals surface area (Å²) in [5, 5.41) is 3.84. The van der Waals surface area contributed by atoms with E-state index in [2.05, 4.69) is 31.9 Å². The summed E-state index contributed by atoms with van der Waals surface area (Å²) in [6.45, 7) is 4.06. The maximum absolute atomic E-state index is 13.2. The normalized spacial score (nSPS) is 17.3. The summed E-state index contributed by atoms with van der Waals surface area (Å²) in [4.78, 5) is 20.5. The van der Waals surface area contributed by atoms with Crippen molar-refractivity contribution in [1.82, 2.24) is 19.8 Å². The standard InChI is InChI=1S/C24H27N5O5S/c1-17-25-23(26-34-17)15-29-21-13-20(7-8-22(21)33-16-24(29)30)35(31,32)27-19-9-11-28(12-10-19)14-18-5-3-2-4-6-18/h2-8,13,19,27H,9-12,14-16H2,1H3. The van der Waals surface area contributed by atoms with E-state index >= 15 is 0 Å². The van der Waals surface area contributed by atoms with Crippen molar-refractivity contribution in [2.45, 2.75) is 43.8 Å². The molecule has 1 N–H and O–H groups in total. The smallest absolute Gasteiger partial charge is 0.265 e. The Balaban J connectivity index is 1.27. The van der Waals surface area contributed by atoms with Gasteiger partial charge in [-0.3, -0.25) is 14.6 Å². The minimum Gasteiger partial charge on any atom is -0.482 e. The predicted octanol–water partition coefficient (Wildman–Crippen LogP) is 2.25. The van der Waals surface area contributed by atoms with Crippen molar-refractivity contribution in [2.75, 3.05) is 24.6 Å². The van der Waals surface area contributed by atoms with Crippen molar-refractivity contribution in [3.63, 3.8) is 0 Å². The largest absolute Gasteiger partial charge is 0.482 e. The van der Waals surface area contributed by atoms with E-state index in [1.807, 2.05) is 18.2 Å². The zero-order valence-electron chi connectivity index (χ0n) is 19.4. The van der Waals surface area contributed by atoms with Gasteiger partial charge in [0.1, 0.15) is 5.75 Å². The van der Waals surface area contributed by atoms with Gasteiger partial charge in [0.25, 0.3) is 5.91 Å². The lowest BCUT2D eigenvalue weighted by Gasteiger charge is -2.32. The molecular weight excluding hydrogens is 470 g/mol. The number of carbonyl (C=O) groups excluding carboxylic acids is 1. The Kier molecular flexibility index (Phi) is 6.54. The molecule has 35 heavy (non-hydrogen) atoms. The number of hydrogen-bond donors (Lipinski definition) is 1. The van der Waals surface area contributed by atoms with E-state index in [0.29, 0.717) is 23.2 Å². The Morgan fingerprint density at radius 2 is 1.86 bits per heavy atom. The van der Waals surface area contributed by atoms with Gasteiger partial charge >= 0.3 is 0 Å². The average Bonchev–Trinajstić information content (AvgIpc) is 3.27. The number of aromatic nitrogens is 2. The van der Waals surface area contributed by atoms with Gasteiger partial charge in [0, 0.05) is 32.6 Å². The fourth-order valence-corrected chi connectivity index (χ4v) is 5.73. The molecule has 184 valence electrons. The molecule has 1 amide bonds. The third kappa shape index (κ3) is 5.37. The molecule has 1 aromatic heterocycles. The number of carbonyl (C=O) groups is 1. The van der Waals surface area contributed by atoms with Gasteiger partial charge in [0.2, 0.25) is 15.9 Å². The summed E-state index contributed by atoms with van der Waals surface area (Å²) in [6, 6.07) is 14.6. The van der Waals surface area contributed by atoms with Gasteiger partial charge in [-0.05, 0) is 36.6 Å². The van der Waals surface area contributed by atoms with Gasteiger partial charge < -0.3 is 9.26 Å². The molecule has 3 aromatic rings. The van der Waals surface area contributed by atoms with Gasteiger partial charge in [-0.1, -0.05) is 35.5 Å². The molecule has 0 spiro atoms. The van der Waals surface area contributed by atoms with Crippen LogP contribution in [-0.4, -0.2) is 55.1 Å². The fourth-order valence-electron chi connectivity index (χ4n) is 4.41. The zero-order chi connectivity index (χ0) is 24.4. The van der Waals surface area contributed by atoms with Crippen LogP contribution in [0.1, 0.15) is 30.1 Å². The summed E-state index contributed by atoms with van der Waals surface area (Å²) >= 11 is 0. The maximum atomic E-state index is 13.2. The van der Waals surface area contributed by atoms with Crippen LogP contribution in [0.25, 0.3) is 0 Å². The number of nitrogens with one attached hydrogen (secondary N) is 1. The van der Waals surface area contributed by atoms with Gasteiger partial charge in [0.15, 0.2) is 12.4 Å². The number of benzene rings is 2. The molecule has 0 saturated carbocycles. The van der Waals surface area contributed by atoms with Crippen molar-refractivity contribution >= 4 is 21.6 Å². The van der Waals surface area contributed by atoms with Crippen LogP contribution in [0.5, 0.6) is 5.75 Å². The van der Waals surface area contributed by atoms with E-state index in [4.69, 9.17) is 9.26 Å². The maximum Gasteiger partial charge on any atom is 0.265 e. The van der Waals surface area contributed by atoms with Crippen LogP contribution >= 0.6 is 0 Å². The van der Waals surface area contributed by atoms with Crippen LogP contribution in [0, 0.1) is 6.92 Å². The summed E-state index contributed by atoms with van der Waals surface area (Å²) < 4.78 is 39.7. The molecule has 0 atom stereocenters. The molecule has 10 nitrogen and oxygen atoms in total. The highest BCUT2D eigenvalue weighted by Gasteiger charge is 2.30. The Bertz CT molecular complexity index is 1300. The number of sulfonamides is 1. The van der Waals surface area contributed by atoms with Crippen molar-refractivity contribution in [3.8, 4) is 5.75 Å². The van der Waals surface area contributed by atoms with Crippen LogP contribution in [0.2, 0.25) is 0 Å². The van der Waals surface area contributed by atoms with Crippen LogP contribution in [-0.2, 0) is 27.9 Å². The second kappa shape index (κ2) is 9.76. The van der Waals surface area contributed by atoms with Crippen LogP contribution in [0.15, 0.2) is 57.9 Å². The lowest BCUT2D eigenvalue weighted by atomic mass is 10.1. The first-order chi connectivity index (χ1) is 16.9. The number of hydrogen-bond acceptors (Lipinski definition) is 8. The van der Waals surface area contributed by atoms with E-state index in [1.165, 1.54) is 22.6 Å². The van der Waals surface area contributed by atoms with Gasteiger partial charge in [-0.2, -0.15) is 4.98 Å². The topological polar surface area (TPSA) is 118 Å². The molecule has 0 aliphatic carbocycles. The number of aryl methyl sites for hydroxylation is 1. The molecule has 2 aliphatic heterocycles. The van der Waals surface area contributed by atoms with Gasteiger partial charge in [-0.15, -0.1) is 0 Å². The SMILES string of the molecule is Cc1nc(CN2C(=O)COc3ccc(S(=O)(=O)NC4CCN(Cc5ccccc5)CC4)cc32)no1. The molecule has 1 fully saturated rings. The molecule has 2 aliphatic rings. The van der Waals surface area contributed by atoms with Crippen LogP contribution in [0.3, 0.4) is 0 Å². The average molecular weight is 498 g/mol. The van der Waals surface area contributed by atoms with Gasteiger partial charge in [-0.25, -0.2) is 13.1 Å². The molecule has 2 aromatic carbocycles. The van der Waals surface area contributed by atoms with Crippen LogP contribution in [0.4, 0.5) is 5.69 Å². The third-order valence-corrected chi connectivity index (χ3v) is 7.73. The second-order valence-corrected chi connectivity index (χ2v) is 10.5. The van der Waals surface area contributed by atoms with Crippen molar-refractivity contribution in [2.24, 2.45) is 0 Å². The molecule has 3 heterocycles. The highest BCUT2D eigenvalue weighted by molar-refractivity contribution is 7.89. The summed E-state index contributed by atoms with van der Waals surface area (Å²) in [7, 11) is -3.79. The van der Waals surface area contributed by atoms with Crippen LogP contribution < -0.4 is 14.4 Å². The summed E-state index contributed by atoms with van der Waals surface area (Å²) in [5.41, 5.74) is 1.61. The summed E-state index contributed by atoms with van der Waals surface area (Å²) in [6.07, 6.45) is 1.45. The lowest BCUT2D eigenvalue weighted by Crippen LogP contribution is -2.44. The first-order valence-electron chi connectivity index (χ1n) is 11.5. The number of rotatable bonds is 7. The van der Waals surface area contributed by atoms with E-state index in [0.717, 1.165) is 32.5 Å². The molecule has 0 radical (unpaired) electrons. The Labute approximate surface area is 203 Å². The van der Waals surface area contributed by atoms with E-state index in [1.54, 1.807) is 13.0 Å². The lowest BCUT2D eigenvalue weighted by molar-refractivity contribution is -0.121. The van der Waals surface area contributed by atoms with Crippen molar-refractivity contribution in [1.29, 1.82) is 0 Å². The molecule has 1 saturated heterocycles. The number of anilines is 1. The number of likely N-dealkylation sites (tertiary alicyclic amines) is 1. The molecule has 0 bridgehead atoms. The second-order valence-electron chi connectivity index (χ2n) is 8.79. The molecule has 0 unspecified atom stereocenters. The molecular formula is C24H27N5O5S. The fraction of sp³-hybridized carbons (Fsp3) is 0.375. The highest BCUT2D eigenvalue weighted by atomic mass is 32.2. The first kappa shape index (κ1) is 23.5. The Morgan fingerprint density at radius 3 is 2.57 bits per heavy atom. The molecule has 11 heteroatoms. The highest BCUT2D eigenvalue weighted by Crippen LogP contribution is 2.35. The Morgan fingerprint density at radius 1 is 1.09 bits per heavy atom. The van der Waals surface area contributed by atoms with Gasteiger partial charge in [0.05, 0.1) is 17.1 Å². The molecule has 5 rings (SSSR count). The zero-order valence-corrected chi connectivity index (χ0v) is 20.2. The predicted molar refractivity (Wildman–Crippen MR) is 127 cm³/mol. The third-order valence-electron chi connectivity index (χ3n) is 6.21. The van der Waals surface area contributed by atoms with E-state index in [9.17, 15) is 13.2 Å². The monoisotopic (exact) mass is 497 g/mol. The van der Waals surface area contributed by atoms with Crippen molar-refractivity contribution < 1.29 is 22.5 Å². The van der Waals surface area contributed by atoms with E-state index in [-0.39, 0.29) is 30.0 Å². The summed E-state index contributed by atoms with van der Waals surface area (Å²) in [5.74, 6) is 0.833. The Hall–Kier alpha value is -3.28. The number of ether oxygens (including phenoxy) is 1. The number of fused-ring (bicyclic) bond motifs is 1. The quantitative estimate of drug-likeness (QED) is 0.528. The minimum absolute atomic E-state index is 0.0589. The minimum atomic E-state index is -3.79. The number of nitrogens with zero attached hydrogens (tertiary/aromatic N) is 4. The number of piperidine rings is 1.